The van der Waals surface area contributed by atoms with E-state index in [1.165, 1.54) is 25.1 Å². The van der Waals surface area contributed by atoms with Crippen molar-refractivity contribution in [3.8, 4) is 0 Å². The quantitative estimate of drug-likeness (QED) is 0.527. The Morgan fingerprint density at radius 3 is 2.52 bits per heavy atom. The summed E-state index contributed by atoms with van der Waals surface area (Å²) < 4.78 is 0. The summed E-state index contributed by atoms with van der Waals surface area (Å²) in [5.74, 6) is -1.71. The number of nitrogens with one attached hydrogen (secondary N) is 1. The van der Waals surface area contributed by atoms with Crippen LogP contribution in [0.2, 0.25) is 0 Å². The Labute approximate surface area is 120 Å². The number of benzene rings is 1. The number of carbonyl (C=O) groups excluding carboxylic acids is 1. The number of nitro groups is 1. The van der Waals surface area contributed by atoms with E-state index in [1.807, 2.05) is 0 Å². The number of non-ortho nitro benzene ring substituents is 1. The number of aliphatic carboxylic acids is 1. The molecule has 3 N–H and O–H groups in total. The van der Waals surface area contributed by atoms with Crippen LogP contribution in [0.15, 0.2) is 18.2 Å². The van der Waals surface area contributed by atoms with Crippen molar-refractivity contribution in [3.63, 3.8) is 0 Å². The first-order valence-corrected chi connectivity index (χ1v) is 6.10. The molecule has 1 rings (SSSR count). The predicted molar refractivity (Wildman–Crippen MR) is 73.0 cm³/mol. The van der Waals surface area contributed by atoms with E-state index in [1.54, 1.807) is 6.92 Å². The second kappa shape index (κ2) is 6.31. The largest absolute Gasteiger partial charge is 0.481 e. The first kappa shape index (κ1) is 16.6. The van der Waals surface area contributed by atoms with Gasteiger partial charge in [0.1, 0.15) is 0 Å². The van der Waals surface area contributed by atoms with Gasteiger partial charge >= 0.3 is 5.97 Å². The van der Waals surface area contributed by atoms with Crippen molar-refractivity contribution in [1.82, 2.24) is 5.32 Å². The summed E-state index contributed by atoms with van der Waals surface area (Å²) in [6, 6.07) is 3.79. The summed E-state index contributed by atoms with van der Waals surface area (Å²) in [6.07, 6.45) is -0.507. The molecule has 21 heavy (non-hydrogen) atoms. The molecular formula is C13H16N2O6. The Bertz CT molecular complexity index is 582. The third-order valence-corrected chi connectivity index (χ3v) is 2.83. The van der Waals surface area contributed by atoms with E-state index in [0.717, 1.165) is 0 Å². The van der Waals surface area contributed by atoms with E-state index < -0.39 is 28.8 Å². The molecular weight excluding hydrogens is 280 g/mol. The van der Waals surface area contributed by atoms with Crippen molar-refractivity contribution >= 4 is 17.6 Å². The minimum absolute atomic E-state index is 0.123. The van der Waals surface area contributed by atoms with E-state index in [-0.39, 0.29) is 17.8 Å². The number of carboxylic acid groups (broad SMARTS) is 1. The van der Waals surface area contributed by atoms with E-state index in [9.17, 15) is 24.8 Å². The van der Waals surface area contributed by atoms with Gasteiger partial charge < -0.3 is 15.5 Å². The SMILES string of the molecule is Cc1cc([N+](=O)[O-])ccc1C(=O)NCC(C)(O)CC(=O)O. The maximum absolute atomic E-state index is 11.9. The molecule has 8 nitrogen and oxygen atoms in total. The standard InChI is InChI=1S/C13H16N2O6/c1-8-5-9(15(20)21)3-4-10(8)12(18)14-7-13(2,19)6-11(16)17/h3-5,19H,6-7H2,1-2H3,(H,14,18)(H,16,17). The van der Waals surface area contributed by atoms with Crippen molar-refractivity contribution in [2.45, 2.75) is 25.9 Å². The number of aliphatic hydroxyl groups is 1. The summed E-state index contributed by atoms with van der Waals surface area (Å²) >= 11 is 0. The van der Waals surface area contributed by atoms with Crippen LogP contribution >= 0.6 is 0 Å². The average molecular weight is 296 g/mol. The molecule has 0 aliphatic carbocycles. The van der Waals surface area contributed by atoms with Crippen LogP contribution in [0.3, 0.4) is 0 Å². The van der Waals surface area contributed by atoms with Gasteiger partial charge in [0, 0.05) is 24.2 Å². The van der Waals surface area contributed by atoms with Crippen LogP contribution in [0.1, 0.15) is 29.3 Å². The van der Waals surface area contributed by atoms with Crippen molar-refractivity contribution in [3.05, 3.63) is 39.4 Å². The fraction of sp³-hybridized carbons (Fsp3) is 0.385. The number of hydrogen-bond acceptors (Lipinski definition) is 5. The van der Waals surface area contributed by atoms with Gasteiger partial charge in [0.15, 0.2) is 0 Å². The number of carbonyl (C=O) groups is 2. The Morgan fingerprint density at radius 2 is 2.05 bits per heavy atom. The summed E-state index contributed by atoms with van der Waals surface area (Å²) in [7, 11) is 0. The molecule has 8 heteroatoms. The molecule has 0 fully saturated rings. The minimum atomic E-state index is -1.57. The molecule has 0 spiro atoms. The van der Waals surface area contributed by atoms with Crippen LogP contribution in [-0.2, 0) is 4.79 Å². The van der Waals surface area contributed by atoms with Crippen molar-refractivity contribution < 1.29 is 24.7 Å². The van der Waals surface area contributed by atoms with Gasteiger partial charge in [0.2, 0.25) is 0 Å². The summed E-state index contributed by atoms with van der Waals surface area (Å²) in [6.45, 7) is 2.61. The van der Waals surface area contributed by atoms with Crippen LogP contribution in [0.5, 0.6) is 0 Å². The maximum Gasteiger partial charge on any atom is 0.306 e. The van der Waals surface area contributed by atoms with Gasteiger partial charge in [-0.15, -0.1) is 0 Å². The fourth-order valence-electron chi connectivity index (χ4n) is 1.77. The highest BCUT2D eigenvalue weighted by Crippen LogP contribution is 2.17. The van der Waals surface area contributed by atoms with Crippen molar-refractivity contribution in [2.24, 2.45) is 0 Å². The van der Waals surface area contributed by atoms with E-state index >= 15 is 0 Å². The van der Waals surface area contributed by atoms with Crippen molar-refractivity contribution in [2.75, 3.05) is 6.54 Å². The molecule has 1 aromatic rings. The number of amides is 1. The van der Waals surface area contributed by atoms with Gasteiger partial charge in [-0.2, -0.15) is 0 Å². The lowest BCUT2D eigenvalue weighted by Gasteiger charge is -2.21. The van der Waals surface area contributed by atoms with Crippen LogP contribution in [0, 0.1) is 17.0 Å². The van der Waals surface area contributed by atoms with Crippen molar-refractivity contribution in [1.29, 1.82) is 0 Å². The molecule has 0 bridgehead atoms. The molecule has 1 aromatic carbocycles. The molecule has 1 atom stereocenters. The monoisotopic (exact) mass is 296 g/mol. The number of aryl methyl sites for hydroxylation is 1. The van der Waals surface area contributed by atoms with Crippen LogP contribution in [0.25, 0.3) is 0 Å². The highest BCUT2D eigenvalue weighted by molar-refractivity contribution is 5.96. The van der Waals surface area contributed by atoms with Gasteiger partial charge in [-0.1, -0.05) is 0 Å². The Balaban J connectivity index is 2.77. The zero-order valence-corrected chi connectivity index (χ0v) is 11.6. The smallest absolute Gasteiger partial charge is 0.306 e. The Kier molecular flexibility index (Phi) is 4.98. The molecule has 0 radical (unpaired) electrons. The normalized spacial score (nSPS) is 13.3. The van der Waals surface area contributed by atoms with Gasteiger partial charge in [0.05, 0.1) is 16.9 Å². The molecule has 0 saturated heterocycles. The first-order chi connectivity index (χ1) is 9.62. The Morgan fingerprint density at radius 1 is 1.43 bits per heavy atom. The van der Waals surface area contributed by atoms with Crippen LogP contribution in [0.4, 0.5) is 5.69 Å². The molecule has 0 aromatic heterocycles. The molecule has 114 valence electrons. The molecule has 0 aliphatic heterocycles. The van der Waals surface area contributed by atoms with E-state index in [4.69, 9.17) is 5.11 Å². The molecule has 0 aliphatic rings. The molecule has 0 saturated carbocycles. The van der Waals surface area contributed by atoms with E-state index in [2.05, 4.69) is 5.32 Å². The van der Waals surface area contributed by atoms with Gasteiger partial charge in [-0.3, -0.25) is 19.7 Å². The Hall–Kier alpha value is -2.48. The topological polar surface area (TPSA) is 130 Å². The van der Waals surface area contributed by atoms with Gasteiger partial charge in [0.25, 0.3) is 11.6 Å². The van der Waals surface area contributed by atoms with Crippen LogP contribution < -0.4 is 5.32 Å². The number of hydrogen-bond donors (Lipinski definition) is 3. The lowest BCUT2D eigenvalue weighted by atomic mass is 10.0. The third-order valence-electron chi connectivity index (χ3n) is 2.83. The molecule has 0 heterocycles. The summed E-state index contributed by atoms with van der Waals surface area (Å²) in [4.78, 5) is 32.5. The molecule has 1 unspecified atom stereocenters. The number of carboxylic acids is 1. The number of rotatable bonds is 6. The van der Waals surface area contributed by atoms with Gasteiger partial charge in [-0.25, -0.2) is 0 Å². The maximum atomic E-state index is 11.9. The highest BCUT2D eigenvalue weighted by Gasteiger charge is 2.25. The molecule has 1 amide bonds. The third kappa shape index (κ3) is 4.84. The summed E-state index contributed by atoms with van der Waals surface area (Å²) in [5.41, 5.74) is -1.05. The lowest BCUT2D eigenvalue weighted by molar-refractivity contribution is -0.384. The second-order valence-corrected chi connectivity index (χ2v) is 5.01. The predicted octanol–water partition coefficient (Wildman–Crippen LogP) is 0.859. The average Bonchev–Trinajstić information content (AvgIpc) is 2.34. The number of nitrogens with zero attached hydrogens (tertiary/aromatic N) is 1. The summed E-state index contributed by atoms with van der Waals surface area (Å²) in [5, 5.41) is 31.4. The zero-order valence-electron chi connectivity index (χ0n) is 11.6. The minimum Gasteiger partial charge on any atom is -0.481 e. The zero-order chi connectivity index (χ0) is 16.2. The lowest BCUT2D eigenvalue weighted by Crippen LogP contribution is -2.42. The van der Waals surface area contributed by atoms with Crippen LogP contribution in [-0.4, -0.2) is 39.2 Å². The van der Waals surface area contributed by atoms with Gasteiger partial charge in [-0.05, 0) is 25.5 Å². The first-order valence-electron chi connectivity index (χ1n) is 6.10. The number of nitro benzene ring substituents is 1. The highest BCUT2D eigenvalue weighted by atomic mass is 16.6. The fourth-order valence-corrected chi connectivity index (χ4v) is 1.77. The second-order valence-electron chi connectivity index (χ2n) is 5.01. The van der Waals surface area contributed by atoms with E-state index in [0.29, 0.717) is 5.56 Å².